The highest BCUT2D eigenvalue weighted by Crippen LogP contribution is 2.00. The van der Waals surface area contributed by atoms with Gasteiger partial charge in [-0.1, -0.05) is 26.0 Å². The van der Waals surface area contributed by atoms with E-state index >= 15 is 0 Å². The molecule has 54 valence electrons. The van der Waals surface area contributed by atoms with E-state index in [1.165, 1.54) is 6.42 Å². The standard InChI is InChI=1S/C8H15Cl/c1-8(2)6-4-3-5-7-9/h3-4,8H,5-7H2,1-2H3/b4-3+. The zero-order chi connectivity index (χ0) is 7.11. The van der Waals surface area contributed by atoms with Gasteiger partial charge in [0, 0.05) is 5.88 Å². The van der Waals surface area contributed by atoms with Crippen LogP contribution in [0.3, 0.4) is 0 Å². The van der Waals surface area contributed by atoms with Crippen molar-refractivity contribution in [2.24, 2.45) is 5.92 Å². The first-order chi connectivity index (χ1) is 4.27. The van der Waals surface area contributed by atoms with Crippen LogP contribution in [0.1, 0.15) is 26.7 Å². The van der Waals surface area contributed by atoms with Crippen molar-refractivity contribution >= 4 is 11.6 Å². The van der Waals surface area contributed by atoms with Crippen LogP contribution >= 0.6 is 11.6 Å². The van der Waals surface area contributed by atoms with Gasteiger partial charge in [0.15, 0.2) is 0 Å². The maximum atomic E-state index is 5.47. The topological polar surface area (TPSA) is 0 Å². The maximum absolute atomic E-state index is 5.47. The third-order valence-electron chi connectivity index (χ3n) is 1.05. The zero-order valence-electron chi connectivity index (χ0n) is 6.23. The second-order valence-corrected chi connectivity index (χ2v) is 2.96. The smallest absolute Gasteiger partial charge is 0.0257 e. The maximum Gasteiger partial charge on any atom is 0.0257 e. The van der Waals surface area contributed by atoms with E-state index in [2.05, 4.69) is 26.0 Å². The van der Waals surface area contributed by atoms with Crippen LogP contribution in [0.25, 0.3) is 0 Å². The Bertz CT molecular complexity index is 74.6. The van der Waals surface area contributed by atoms with E-state index < -0.39 is 0 Å². The van der Waals surface area contributed by atoms with Crippen molar-refractivity contribution in [2.45, 2.75) is 26.7 Å². The molecule has 0 saturated heterocycles. The second kappa shape index (κ2) is 6.15. The van der Waals surface area contributed by atoms with Gasteiger partial charge in [0.25, 0.3) is 0 Å². The molecule has 0 bridgehead atoms. The molecule has 0 atom stereocenters. The number of hydrogen-bond acceptors (Lipinski definition) is 0. The summed E-state index contributed by atoms with van der Waals surface area (Å²) in [4.78, 5) is 0. The van der Waals surface area contributed by atoms with Crippen molar-refractivity contribution in [1.82, 2.24) is 0 Å². The average molecular weight is 147 g/mol. The van der Waals surface area contributed by atoms with Gasteiger partial charge in [0.1, 0.15) is 0 Å². The van der Waals surface area contributed by atoms with Crippen LogP contribution in [0.4, 0.5) is 0 Å². The Labute approximate surface area is 62.9 Å². The van der Waals surface area contributed by atoms with Crippen LogP contribution in [0.5, 0.6) is 0 Å². The molecule has 0 aromatic rings. The first kappa shape index (κ1) is 9.03. The lowest BCUT2D eigenvalue weighted by molar-refractivity contribution is 0.662. The van der Waals surface area contributed by atoms with Gasteiger partial charge < -0.3 is 0 Å². The van der Waals surface area contributed by atoms with Crippen molar-refractivity contribution < 1.29 is 0 Å². The summed E-state index contributed by atoms with van der Waals surface area (Å²) in [6.07, 6.45) is 6.53. The second-order valence-electron chi connectivity index (χ2n) is 2.58. The minimum Gasteiger partial charge on any atom is -0.126 e. The molecular weight excluding hydrogens is 132 g/mol. The van der Waals surface area contributed by atoms with Crippen molar-refractivity contribution in [3.8, 4) is 0 Å². The van der Waals surface area contributed by atoms with Crippen molar-refractivity contribution in [3.63, 3.8) is 0 Å². The summed E-state index contributed by atoms with van der Waals surface area (Å²) in [6, 6.07) is 0. The lowest BCUT2D eigenvalue weighted by Crippen LogP contribution is -1.81. The fourth-order valence-electron chi connectivity index (χ4n) is 0.549. The first-order valence-electron chi connectivity index (χ1n) is 3.48. The van der Waals surface area contributed by atoms with Gasteiger partial charge in [-0.15, -0.1) is 11.6 Å². The lowest BCUT2D eigenvalue weighted by atomic mass is 10.1. The Morgan fingerprint density at radius 3 is 2.44 bits per heavy atom. The lowest BCUT2D eigenvalue weighted by Gasteiger charge is -1.95. The molecule has 0 saturated carbocycles. The summed E-state index contributed by atoms with van der Waals surface area (Å²) >= 11 is 5.47. The van der Waals surface area contributed by atoms with Crippen LogP contribution < -0.4 is 0 Å². The summed E-state index contributed by atoms with van der Waals surface area (Å²) in [5.74, 6) is 1.52. The molecule has 0 aliphatic carbocycles. The van der Waals surface area contributed by atoms with Gasteiger partial charge in [-0.3, -0.25) is 0 Å². The molecule has 1 heteroatoms. The van der Waals surface area contributed by atoms with E-state index in [4.69, 9.17) is 11.6 Å². The molecule has 0 rings (SSSR count). The zero-order valence-corrected chi connectivity index (χ0v) is 6.99. The monoisotopic (exact) mass is 146 g/mol. The Hall–Kier alpha value is 0.0300. The Morgan fingerprint density at radius 1 is 1.33 bits per heavy atom. The number of alkyl halides is 1. The molecule has 0 aromatic carbocycles. The van der Waals surface area contributed by atoms with Gasteiger partial charge in [0.05, 0.1) is 0 Å². The molecule has 0 aliphatic heterocycles. The first-order valence-corrected chi connectivity index (χ1v) is 4.01. The Morgan fingerprint density at radius 2 is 2.00 bits per heavy atom. The highest BCUT2D eigenvalue weighted by molar-refractivity contribution is 6.17. The fraction of sp³-hybridized carbons (Fsp3) is 0.750. The molecule has 0 nitrogen and oxygen atoms in total. The average Bonchev–Trinajstić information content (AvgIpc) is 1.80. The number of hydrogen-bond donors (Lipinski definition) is 0. The van der Waals surface area contributed by atoms with Gasteiger partial charge in [-0.25, -0.2) is 0 Å². The summed E-state index contributed by atoms with van der Waals surface area (Å²) < 4.78 is 0. The number of allylic oxidation sites excluding steroid dienone is 2. The molecule has 0 heterocycles. The highest BCUT2D eigenvalue weighted by atomic mass is 35.5. The van der Waals surface area contributed by atoms with Crippen molar-refractivity contribution in [2.75, 3.05) is 5.88 Å². The van der Waals surface area contributed by atoms with E-state index in [9.17, 15) is 0 Å². The minimum absolute atomic E-state index is 0.745. The molecule has 0 amide bonds. The number of rotatable bonds is 4. The molecule has 0 radical (unpaired) electrons. The third kappa shape index (κ3) is 8.03. The summed E-state index contributed by atoms with van der Waals surface area (Å²) in [6.45, 7) is 4.43. The molecule has 0 fully saturated rings. The van der Waals surface area contributed by atoms with Crippen LogP contribution in [-0.4, -0.2) is 5.88 Å². The fourth-order valence-corrected chi connectivity index (χ4v) is 0.675. The Kier molecular flexibility index (Phi) is 6.18. The van der Waals surface area contributed by atoms with Gasteiger partial charge in [-0.05, 0) is 18.8 Å². The predicted molar refractivity (Wildman–Crippen MR) is 43.9 cm³/mol. The summed E-state index contributed by atoms with van der Waals surface area (Å²) in [5, 5.41) is 0. The molecule has 0 spiro atoms. The predicted octanol–water partition coefficient (Wildman–Crippen LogP) is 3.22. The molecule has 0 aliphatic rings. The summed E-state index contributed by atoms with van der Waals surface area (Å²) in [7, 11) is 0. The highest BCUT2D eigenvalue weighted by Gasteiger charge is 1.85. The van der Waals surface area contributed by atoms with Crippen LogP contribution in [-0.2, 0) is 0 Å². The molecule has 0 N–H and O–H groups in total. The van der Waals surface area contributed by atoms with E-state index in [-0.39, 0.29) is 0 Å². The molecule has 0 aromatic heterocycles. The van der Waals surface area contributed by atoms with E-state index in [1.54, 1.807) is 0 Å². The van der Waals surface area contributed by atoms with Gasteiger partial charge in [0.2, 0.25) is 0 Å². The number of halogens is 1. The van der Waals surface area contributed by atoms with Crippen molar-refractivity contribution in [3.05, 3.63) is 12.2 Å². The normalized spacial score (nSPS) is 11.6. The van der Waals surface area contributed by atoms with Crippen LogP contribution in [0.15, 0.2) is 12.2 Å². The summed E-state index contributed by atoms with van der Waals surface area (Å²) in [5.41, 5.74) is 0. The van der Waals surface area contributed by atoms with E-state index in [0.29, 0.717) is 0 Å². The third-order valence-corrected chi connectivity index (χ3v) is 1.27. The Balaban J connectivity index is 3.04. The van der Waals surface area contributed by atoms with E-state index in [1.807, 2.05) is 0 Å². The SMILES string of the molecule is CC(C)C/C=C/CCCl. The molecule has 0 unspecified atom stereocenters. The molecule has 9 heavy (non-hydrogen) atoms. The van der Waals surface area contributed by atoms with Gasteiger partial charge in [-0.2, -0.15) is 0 Å². The van der Waals surface area contributed by atoms with Gasteiger partial charge >= 0.3 is 0 Å². The molecular formula is C8H15Cl. The largest absolute Gasteiger partial charge is 0.126 e. The van der Waals surface area contributed by atoms with Crippen molar-refractivity contribution in [1.29, 1.82) is 0 Å². The van der Waals surface area contributed by atoms with Crippen LogP contribution in [0.2, 0.25) is 0 Å². The van der Waals surface area contributed by atoms with Crippen LogP contribution in [0, 0.1) is 5.92 Å². The minimum atomic E-state index is 0.745. The quantitative estimate of drug-likeness (QED) is 0.422. The van der Waals surface area contributed by atoms with E-state index in [0.717, 1.165) is 18.2 Å².